The Morgan fingerprint density at radius 2 is 2.22 bits per heavy atom. The van der Waals surface area contributed by atoms with Gasteiger partial charge in [-0.25, -0.2) is 4.98 Å². The Hall–Kier alpha value is -1.53. The monoisotopic (exact) mass is 308 g/mol. The molecular weight excluding hydrogens is 296 g/mol. The van der Waals surface area contributed by atoms with Gasteiger partial charge in [0.05, 0.1) is 12.7 Å². The summed E-state index contributed by atoms with van der Waals surface area (Å²) in [5, 5.41) is 0. The number of halogens is 1. The van der Waals surface area contributed by atoms with Crippen LogP contribution in [0.15, 0.2) is 35.3 Å². The first-order valence-electron chi connectivity index (χ1n) is 5.54. The van der Waals surface area contributed by atoms with E-state index in [4.69, 9.17) is 5.73 Å². The van der Waals surface area contributed by atoms with E-state index in [0.717, 1.165) is 10.2 Å². The Morgan fingerprint density at radius 1 is 1.39 bits per heavy atom. The minimum absolute atomic E-state index is 0.0411. The van der Waals surface area contributed by atoms with Crippen LogP contribution in [0.3, 0.4) is 0 Å². The number of pyridine rings is 1. The Labute approximate surface area is 113 Å². The van der Waals surface area contributed by atoms with Gasteiger partial charge >= 0.3 is 0 Å². The van der Waals surface area contributed by atoms with Crippen LogP contribution >= 0.6 is 15.9 Å². The van der Waals surface area contributed by atoms with Gasteiger partial charge in [-0.15, -0.1) is 0 Å². The van der Waals surface area contributed by atoms with Crippen molar-refractivity contribution in [1.29, 1.82) is 0 Å². The molecule has 0 aliphatic carbocycles. The Balaban J connectivity index is 2.04. The number of nitrogens with two attached hydrogens (primary N) is 1. The molecule has 2 N–H and O–H groups in total. The quantitative estimate of drug-likeness (QED) is 0.848. The summed E-state index contributed by atoms with van der Waals surface area (Å²) in [6.45, 7) is 1.19. The largest absolute Gasteiger partial charge is 0.335 e. The number of nitrogens with zero attached hydrogens (tertiary/aromatic N) is 3. The number of rotatable bonds is 5. The number of carbonyl (C=O) groups is 1. The first-order chi connectivity index (χ1) is 8.69. The fourth-order valence-corrected chi connectivity index (χ4v) is 1.78. The highest BCUT2D eigenvalue weighted by molar-refractivity contribution is 9.10. The summed E-state index contributed by atoms with van der Waals surface area (Å²) < 4.78 is 2.70. The predicted octanol–water partition coefficient (Wildman–Crippen LogP) is 1.42. The molecule has 0 bridgehead atoms. The molecule has 6 heteroatoms. The predicted molar refractivity (Wildman–Crippen MR) is 71.3 cm³/mol. The van der Waals surface area contributed by atoms with Crippen LogP contribution in [0.1, 0.15) is 16.2 Å². The van der Waals surface area contributed by atoms with Crippen LogP contribution < -0.4 is 5.73 Å². The Morgan fingerprint density at radius 3 is 2.89 bits per heavy atom. The fraction of sp³-hybridized carbons (Fsp3) is 0.250. The molecule has 2 rings (SSSR count). The van der Waals surface area contributed by atoms with Gasteiger partial charge in [0.2, 0.25) is 0 Å². The van der Waals surface area contributed by atoms with Crippen molar-refractivity contribution in [3.8, 4) is 0 Å². The molecule has 94 valence electrons. The molecule has 5 nitrogen and oxygen atoms in total. The number of imidazole rings is 1. The summed E-state index contributed by atoms with van der Waals surface area (Å²) in [5.41, 5.74) is 6.62. The molecule has 0 amide bonds. The SMILES string of the molecule is NCCn1cnc(C(=O)Cc2ccc(Br)cn2)c1. The molecular formula is C12H13BrN4O. The second-order valence-corrected chi connectivity index (χ2v) is 4.77. The number of hydrogen-bond donors (Lipinski definition) is 1. The number of carbonyl (C=O) groups excluding carboxylic acids is 1. The topological polar surface area (TPSA) is 73.8 Å². The van der Waals surface area contributed by atoms with Crippen molar-refractivity contribution in [3.63, 3.8) is 0 Å². The van der Waals surface area contributed by atoms with E-state index in [1.54, 1.807) is 18.7 Å². The van der Waals surface area contributed by atoms with Crippen molar-refractivity contribution in [1.82, 2.24) is 14.5 Å². The molecule has 0 aliphatic heterocycles. The van der Waals surface area contributed by atoms with Gasteiger partial charge in [0.15, 0.2) is 5.78 Å². The lowest BCUT2D eigenvalue weighted by Crippen LogP contribution is -2.08. The average Bonchev–Trinajstić information content (AvgIpc) is 2.81. The molecule has 0 unspecified atom stereocenters. The highest BCUT2D eigenvalue weighted by atomic mass is 79.9. The lowest BCUT2D eigenvalue weighted by Gasteiger charge is -1.98. The summed E-state index contributed by atoms with van der Waals surface area (Å²) in [5.74, 6) is -0.0411. The second-order valence-electron chi connectivity index (χ2n) is 3.85. The van der Waals surface area contributed by atoms with Gasteiger partial charge in [-0.2, -0.15) is 0 Å². The molecule has 0 saturated heterocycles. The minimum atomic E-state index is -0.0411. The smallest absolute Gasteiger partial charge is 0.188 e. The maximum absolute atomic E-state index is 12.0. The van der Waals surface area contributed by atoms with Crippen molar-refractivity contribution in [2.75, 3.05) is 6.54 Å². The van der Waals surface area contributed by atoms with Crippen molar-refractivity contribution in [2.45, 2.75) is 13.0 Å². The average molecular weight is 309 g/mol. The number of Topliss-reactive ketones (excluding diaryl/α,β-unsaturated/α-hetero) is 1. The highest BCUT2D eigenvalue weighted by Gasteiger charge is 2.11. The third kappa shape index (κ3) is 3.24. The van der Waals surface area contributed by atoms with Crippen molar-refractivity contribution in [3.05, 3.63) is 46.7 Å². The number of hydrogen-bond acceptors (Lipinski definition) is 4. The minimum Gasteiger partial charge on any atom is -0.335 e. The van der Waals surface area contributed by atoms with E-state index < -0.39 is 0 Å². The summed E-state index contributed by atoms with van der Waals surface area (Å²) >= 11 is 3.30. The van der Waals surface area contributed by atoms with Gasteiger partial charge in [0.25, 0.3) is 0 Å². The maximum Gasteiger partial charge on any atom is 0.188 e. The Kier molecular flexibility index (Phi) is 4.22. The van der Waals surface area contributed by atoms with Crippen LogP contribution in [0.2, 0.25) is 0 Å². The summed E-state index contributed by atoms with van der Waals surface area (Å²) in [7, 11) is 0. The zero-order valence-corrected chi connectivity index (χ0v) is 11.3. The first kappa shape index (κ1) is 12.9. The molecule has 0 atom stereocenters. The van der Waals surface area contributed by atoms with E-state index in [1.807, 2.05) is 16.7 Å². The summed E-state index contributed by atoms with van der Waals surface area (Å²) in [4.78, 5) is 20.2. The van der Waals surface area contributed by atoms with Crippen LogP contribution in [0.5, 0.6) is 0 Å². The molecule has 2 aromatic heterocycles. The van der Waals surface area contributed by atoms with Gasteiger partial charge in [-0.1, -0.05) is 0 Å². The maximum atomic E-state index is 12.0. The fourth-order valence-electron chi connectivity index (χ4n) is 1.54. The van der Waals surface area contributed by atoms with Crippen LogP contribution in [0, 0.1) is 0 Å². The van der Waals surface area contributed by atoms with Crippen molar-refractivity contribution >= 4 is 21.7 Å². The van der Waals surface area contributed by atoms with E-state index in [9.17, 15) is 4.79 Å². The number of ketones is 1. The second kappa shape index (κ2) is 5.88. The third-order valence-electron chi connectivity index (χ3n) is 2.44. The molecule has 2 heterocycles. The van der Waals surface area contributed by atoms with Gasteiger partial charge in [-0.3, -0.25) is 9.78 Å². The van der Waals surface area contributed by atoms with Crippen LogP contribution in [0.4, 0.5) is 0 Å². The molecule has 0 aliphatic rings. The summed E-state index contributed by atoms with van der Waals surface area (Å²) in [6.07, 6.45) is 5.27. The van der Waals surface area contributed by atoms with E-state index >= 15 is 0 Å². The van der Waals surface area contributed by atoms with Gasteiger partial charge in [-0.05, 0) is 28.1 Å². The summed E-state index contributed by atoms with van der Waals surface area (Å²) in [6, 6.07) is 3.68. The molecule has 0 fully saturated rings. The molecule has 18 heavy (non-hydrogen) atoms. The van der Waals surface area contributed by atoms with Crippen LogP contribution in [-0.2, 0) is 13.0 Å². The van der Waals surface area contributed by atoms with E-state index in [-0.39, 0.29) is 12.2 Å². The van der Waals surface area contributed by atoms with Crippen LogP contribution in [0.25, 0.3) is 0 Å². The highest BCUT2D eigenvalue weighted by Crippen LogP contribution is 2.09. The van der Waals surface area contributed by atoms with Gasteiger partial charge in [0, 0.05) is 35.6 Å². The van der Waals surface area contributed by atoms with Gasteiger partial charge in [0.1, 0.15) is 5.69 Å². The molecule has 0 aromatic carbocycles. The standard InChI is InChI=1S/C12H13BrN4O/c13-9-1-2-10(15-6-9)5-12(18)11-7-17(4-3-14)8-16-11/h1-2,6-8H,3-5,14H2. The molecule has 0 spiro atoms. The van der Waals surface area contributed by atoms with Crippen molar-refractivity contribution in [2.24, 2.45) is 5.73 Å². The third-order valence-corrected chi connectivity index (χ3v) is 2.91. The normalized spacial score (nSPS) is 10.6. The first-order valence-corrected chi connectivity index (χ1v) is 6.34. The molecule has 2 aromatic rings. The lowest BCUT2D eigenvalue weighted by atomic mass is 10.1. The van der Waals surface area contributed by atoms with E-state index in [0.29, 0.717) is 18.8 Å². The number of aromatic nitrogens is 3. The van der Waals surface area contributed by atoms with Crippen molar-refractivity contribution < 1.29 is 4.79 Å². The van der Waals surface area contributed by atoms with Crippen LogP contribution in [-0.4, -0.2) is 26.9 Å². The Bertz CT molecular complexity index is 535. The molecule has 0 saturated carbocycles. The van der Waals surface area contributed by atoms with Gasteiger partial charge < -0.3 is 10.3 Å². The zero-order valence-electron chi connectivity index (χ0n) is 9.71. The zero-order chi connectivity index (χ0) is 13.0. The lowest BCUT2D eigenvalue weighted by molar-refractivity contribution is 0.0987. The van der Waals surface area contributed by atoms with E-state index in [2.05, 4.69) is 25.9 Å². The molecule has 0 radical (unpaired) electrons. The van der Waals surface area contributed by atoms with E-state index in [1.165, 1.54) is 0 Å².